The van der Waals surface area contributed by atoms with Crippen molar-refractivity contribution in [3.05, 3.63) is 64.7 Å². The van der Waals surface area contributed by atoms with Gasteiger partial charge in [-0.3, -0.25) is 9.29 Å². The van der Waals surface area contributed by atoms with Gasteiger partial charge in [-0.2, -0.15) is 13.4 Å². The Labute approximate surface area is 149 Å². The minimum absolute atomic E-state index is 0.0231. The summed E-state index contributed by atoms with van der Waals surface area (Å²) in [4.78, 5) is 7.82. The molecule has 0 saturated heterocycles. The van der Waals surface area contributed by atoms with E-state index < -0.39 is 10.0 Å². The summed E-state index contributed by atoms with van der Waals surface area (Å²) in [7, 11) is -3.84. The number of rotatable bonds is 4. The summed E-state index contributed by atoms with van der Waals surface area (Å²) < 4.78 is 29.4. The normalized spacial score (nSPS) is 11.5. The van der Waals surface area contributed by atoms with Crippen LogP contribution >= 0.6 is 23.2 Å². The van der Waals surface area contributed by atoms with Crippen LogP contribution in [0.2, 0.25) is 10.3 Å². The number of halogens is 2. The fourth-order valence-electron chi connectivity index (χ4n) is 2.24. The second kappa shape index (κ2) is 6.43. The number of sulfonamides is 1. The van der Waals surface area contributed by atoms with Crippen LogP contribution in [-0.4, -0.2) is 23.0 Å². The van der Waals surface area contributed by atoms with E-state index in [0.29, 0.717) is 16.5 Å². The molecule has 3 rings (SSSR count). The number of nitrogens with one attached hydrogen (secondary N) is 1. The molecular weight excluding hydrogens is 371 g/mol. The van der Waals surface area contributed by atoms with Crippen LogP contribution in [0.15, 0.2) is 53.8 Å². The Morgan fingerprint density at radius 1 is 1.17 bits per heavy atom. The molecule has 1 aromatic carbocycles. The minimum atomic E-state index is -3.84. The number of aryl methyl sites for hydroxylation is 1. The fourth-order valence-corrected chi connectivity index (χ4v) is 3.87. The zero-order chi connectivity index (χ0) is 17.3. The average molecular weight is 383 g/mol. The van der Waals surface area contributed by atoms with Gasteiger partial charge in [0, 0.05) is 17.4 Å². The Hall–Kier alpha value is -2.09. The first-order valence-corrected chi connectivity index (χ1v) is 9.05. The van der Waals surface area contributed by atoms with Crippen LogP contribution in [0, 0.1) is 6.92 Å². The van der Waals surface area contributed by atoms with Crippen molar-refractivity contribution in [2.75, 3.05) is 4.72 Å². The molecule has 24 heavy (non-hydrogen) atoms. The zero-order valence-corrected chi connectivity index (χ0v) is 14.8. The standard InChI is InChI=1S/C15H12Cl2N4O2S/c1-10-7-11(16)9-12(8-10)20-24(22,23)14-3-2-6-21(14)13-4-5-18-15(17)19-13/h2-9,20H,1H3. The van der Waals surface area contributed by atoms with Crippen molar-refractivity contribution in [1.29, 1.82) is 0 Å². The fraction of sp³-hybridized carbons (Fsp3) is 0.0667. The van der Waals surface area contributed by atoms with Gasteiger partial charge in [-0.1, -0.05) is 11.6 Å². The quantitative estimate of drug-likeness (QED) is 0.698. The van der Waals surface area contributed by atoms with Gasteiger partial charge in [0.2, 0.25) is 5.28 Å². The third-order valence-corrected chi connectivity index (χ3v) is 4.93. The molecule has 0 fully saturated rings. The molecule has 0 bridgehead atoms. The highest BCUT2D eigenvalue weighted by molar-refractivity contribution is 7.92. The summed E-state index contributed by atoms with van der Waals surface area (Å²) >= 11 is 11.8. The van der Waals surface area contributed by atoms with Crippen LogP contribution < -0.4 is 4.72 Å². The van der Waals surface area contributed by atoms with Gasteiger partial charge in [-0.15, -0.1) is 0 Å². The first-order valence-electron chi connectivity index (χ1n) is 6.81. The lowest BCUT2D eigenvalue weighted by atomic mass is 10.2. The van der Waals surface area contributed by atoms with Gasteiger partial charge in [0.25, 0.3) is 10.0 Å². The number of hydrogen-bond acceptors (Lipinski definition) is 4. The van der Waals surface area contributed by atoms with Crippen molar-refractivity contribution < 1.29 is 8.42 Å². The first-order chi connectivity index (χ1) is 11.3. The van der Waals surface area contributed by atoms with Crippen molar-refractivity contribution in [3.63, 3.8) is 0 Å². The van der Waals surface area contributed by atoms with Crippen LogP contribution in [0.5, 0.6) is 0 Å². The molecule has 0 aliphatic heterocycles. The van der Waals surface area contributed by atoms with Crippen LogP contribution in [-0.2, 0) is 10.0 Å². The molecule has 2 aromatic heterocycles. The van der Waals surface area contributed by atoms with Crippen LogP contribution in [0.4, 0.5) is 5.69 Å². The number of benzene rings is 1. The number of anilines is 1. The number of nitrogens with zero attached hydrogens (tertiary/aromatic N) is 3. The van der Waals surface area contributed by atoms with Crippen molar-refractivity contribution in [1.82, 2.24) is 14.5 Å². The lowest BCUT2D eigenvalue weighted by molar-refractivity contribution is 0.594. The van der Waals surface area contributed by atoms with Crippen LogP contribution in [0.3, 0.4) is 0 Å². The average Bonchev–Trinajstić information content (AvgIpc) is 2.95. The topological polar surface area (TPSA) is 76.9 Å². The second-order valence-electron chi connectivity index (χ2n) is 5.02. The van der Waals surface area contributed by atoms with Crippen molar-refractivity contribution in [3.8, 4) is 5.82 Å². The highest BCUT2D eigenvalue weighted by atomic mass is 35.5. The third kappa shape index (κ3) is 3.53. The summed E-state index contributed by atoms with van der Waals surface area (Å²) in [5, 5.41) is 0.503. The van der Waals surface area contributed by atoms with Gasteiger partial charge in [-0.05, 0) is 60.5 Å². The van der Waals surface area contributed by atoms with E-state index in [0.717, 1.165) is 5.56 Å². The Morgan fingerprint density at radius 3 is 2.67 bits per heavy atom. The zero-order valence-electron chi connectivity index (χ0n) is 12.4. The minimum Gasteiger partial charge on any atom is -0.290 e. The van der Waals surface area contributed by atoms with E-state index >= 15 is 0 Å². The molecule has 0 amide bonds. The van der Waals surface area contributed by atoms with E-state index in [4.69, 9.17) is 23.2 Å². The third-order valence-electron chi connectivity index (χ3n) is 3.14. The molecule has 2 heterocycles. The molecule has 9 heteroatoms. The van der Waals surface area contributed by atoms with E-state index in [1.807, 2.05) is 6.92 Å². The SMILES string of the molecule is Cc1cc(Cl)cc(NS(=O)(=O)c2cccn2-c2ccnc(Cl)n2)c1. The molecule has 0 unspecified atom stereocenters. The Balaban J connectivity index is 2.01. The van der Waals surface area contributed by atoms with Gasteiger partial charge >= 0.3 is 0 Å². The Kier molecular flexibility index (Phi) is 4.49. The number of hydrogen-bond donors (Lipinski definition) is 1. The van der Waals surface area contributed by atoms with Crippen LogP contribution in [0.25, 0.3) is 5.82 Å². The summed E-state index contributed by atoms with van der Waals surface area (Å²) in [6, 6.07) is 9.61. The maximum absolute atomic E-state index is 12.7. The van der Waals surface area contributed by atoms with E-state index in [-0.39, 0.29) is 10.3 Å². The molecule has 3 aromatic rings. The molecule has 0 radical (unpaired) electrons. The largest absolute Gasteiger partial charge is 0.290 e. The summed E-state index contributed by atoms with van der Waals surface area (Å²) in [6.07, 6.45) is 3.03. The summed E-state index contributed by atoms with van der Waals surface area (Å²) in [5.41, 5.74) is 1.23. The smallest absolute Gasteiger partial charge is 0.277 e. The Bertz CT molecular complexity index is 982. The molecular formula is C15H12Cl2N4O2S. The maximum atomic E-state index is 12.7. The van der Waals surface area contributed by atoms with Crippen molar-refractivity contribution in [2.24, 2.45) is 0 Å². The van der Waals surface area contributed by atoms with E-state index in [9.17, 15) is 8.42 Å². The molecule has 0 spiro atoms. The van der Waals surface area contributed by atoms with E-state index in [1.165, 1.54) is 16.8 Å². The predicted molar refractivity (Wildman–Crippen MR) is 93.4 cm³/mol. The molecule has 0 atom stereocenters. The summed E-state index contributed by atoms with van der Waals surface area (Å²) in [6.45, 7) is 1.83. The molecule has 124 valence electrons. The molecule has 0 aliphatic carbocycles. The first kappa shape index (κ1) is 16.8. The molecule has 1 N–H and O–H groups in total. The maximum Gasteiger partial charge on any atom is 0.277 e. The lowest BCUT2D eigenvalue weighted by Gasteiger charge is -2.12. The summed E-state index contributed by atoms with van der Waals surface area (Å²) in [5.74, 6) is 0.350. The van der Waals surface area contributed by atoms with E-state index in [2.05, 4.69) is 14.7 Å². The lowest BCUT2D eigenvalue weighted by Crippen LogP contribution is -2.17. The monoisotopic (exact) mass is 382 g/mol. The molecule has 0 saturated carbocycles. The van der Waals surface area contributed by atoms with Gasteiger partial charge in [0.1, 0.15) is 5.82 Å². The Morgan fingerprint density at radius 2 is 1.96 bits per heavy atom. The predicted octanol–water partition coefficient (Wildman–Crippen LogP) is 3.68. The van der Waals surface area contributed by atoms with E-state index in [1.54, 1.807) is 36.5 Å². The number of aromatic nitrogens is 3. The van der Waals surface area contributed by atoms with Crippen molar-refractivity contribution >= 4 is 38.9 Å². The highest BCUT2D eigenvalue weighted by Gasteiger charge is 2.20. The molecule has 6 nitrogen and oxygen atoms in total. The second-order valence-corrected chi connectivity index (χ2v) is 7.43. The molecule has 0 aliphatic rings. The van der Waals surface area contributed by atoms with Gasteiger partial charge in [0.05, 0.1) is 5.69 Å². The van der Waals surface area contributed by atoms with Gasteiger partial charge in [0.15, 0.2) is 5.03 Å². The van der Waals surface area contributed by atoms with Gasteiger partial charge < -0.3 is 0 Å². The van der Waals surface area contributed by atoms with Crippen molar-refractivity contribution in [2.45, 2.75) is 11.9 Å². The highest BCUT2D eigenvalue weighted by Crippen LogP contribution is 2.23. The van der Waals surface area contributed by atoms with Gasteiger partial charge in [-0.25, -0.2) is 4.98 Å². The van der Waals surface area contributed by atoms with Crippen LogP contribution in [0.1, 0.15) is 5.56 Å².